The van der Waals surface area contributed by atoms with Crippen LogP contribution in [0.1, 0.15) is 23.5 Å². The molecule has 1 aromatic rings. The highest BCUT2D eigenvalue weighted by atomic mass is 35.5. The molecular weight excluding hydrogens is 210 g/mol. The second-order valence-electron chi connectivity index (χ2n) is 4.05. The molecule has 0 bridgehead atoms. The Morgan fingerprint density at radius 2 is 2.27 bits per heavy atom. The van der Waals surface area contributed by atoms with Gasteiger partial charge in [-0.2, -0.15) is 0 Å². The lowest BCUT2D eigenvalue weighted by Crippen LogP contribution is -2.09. The van der Waals surface area contributed by atoms with Crippen molar-refractivity contribution in [1.82, 2.24) is 5.32 Å². The zero-order chi connectivity index (χ0) is 10.8. The molecule has 1 saturated heterocycles. The molecule has 1 N–H and O–H groups in total. The molecule has 2 rings (SSSR count). The maximum atomic E-state index is 6.29. The molecule has 1 aromatic carbocycles. The SMILES string of the molecule is COc1cc(C)cc(Cl)c1C1CCNC1. The standard InChI is InChI=1S/C12H16ClNO/c1-8-5-10(13)12(11(6-8)15-2)9-3-4-14-7-9/h5-6,9,14H,3-4,7H2,1-2H3. The molecule has 3 heteroatoms. The third-order valence-corrected chi connectivity index (χ3v) is 3.24. The second-order valence-corrected chi connectivity index (χ2v) is 4.46. The molecule has 15 heavy (non-hydrogen) atoms. The lowest BCUT2D eigenvalue weighted by atomic mass is 9.96. The zero-order valence-corrected chi connectivity index (χ0v) is 9.90. The van der Waals surface area contributed by atoms with E-state index in [1.165, 1.54) is 0 Å². The zero-order valence-electron chi connectivity index (χ0n) is 9.14. The topological polar surface area (TPSA) is 21.3 Å². The maximum absolute atomic E-state index is 6.29. The predicted octanol–water partition coefficient (Wildman–Crippen LogP) is 2.73. The summed E-state index contributed by atoms with van der Waals surface area (Å²) in [6.07, 6.45) is 1.14. The number of halogens is 1. The number of hydrogen-bond acceptors (Lipinski definition) is 2. The fourth-order valence-corrected chi connectivity index (χ4v) is 2.61. The number of rotatable bonds is 2. The highest BCUT2D eigenvalue weighted by Gasteiger charge is 2.23. The number of hydrogen-bond donors (Lipinski definition) is 1. The summed E-state index contributed by atoms with van der Waals surface area (Å²) in [6.45, 7) is 4.10. The Balaban J connectivity index is 2.43. The van der Waals surface area contributed by atoms with Gasteiger partial charge in [0.2, 0.25) is 0 Å². The second kappa shape index (κ2) is 4.42. The first-order valence-corrected chi connectivity index (χ1v) is 5.65. The Labute approximate surface area is 95.6 Å². The smallest absolute Gasteiger partial charge is 0.124 e. The first-order chi connectivity index (χ1) is 7.22. The molecule has 2 nitrogen and oxygen atoms in total. The maximum Gasteiger partial charge on any atom is 0.124 e. The number of methoxy groups -OCH3 is 1. The fraction of sp³-hybridized carbons (Fsp3) is 0.500. The minimum absolute atomic E-state index is 0.494. The molecule has 1 fully saturated rings. The summed E-state index contributed by atoms with van der Waals surface area (Å²) in [5.74, 6) is 1.42. The summed E-state index contributed by atoms with van der Waals surface area (Å²) >= 11 is 6.29. The van der Waals surface area contributed by atoms with Gasteiger partial charge in [0.25, 0.3) is 0 Å². The Morgan fingerprint density at radius 3 is 2.87 bits per heavy atom. The van der Waals surface area contributed by atoms with Crippen LogP contribution in [-0.2, 0) is 0 Å². The summed E-state index contributed by atoms with van der Waals surface area (Å²) in [5.41, 5.74) is 2.31. The third-order valence-electron chi connectivity index (χ3n) is 2.92. The van der Waals surface area contributed by atoms with E-state index < -0.39 is 0 Å². The van der Waals surface area contributed by atoms with E-state index in [1.54, 1.807) is 7.11 Å². The fourth-order valence-electron chi connectivity index (χ4n) is 2.19. The monoisotopic (exact) mass is 225 g/mol. The van der Waals surface area contributed by atoms with Gasteiger partial charge in [-0.15, -0.1) is 0 Å². The summed E-state index contributed by atoms with van der Waals surface area (Å²) in [6, 6.07) is 4.07. The number of ether oxygens (including phenoxy) is 1. The van der Waals surface area contributed by atoms with Gasteiger partial charge in [0.15, 0.2) is 0 Å². The van der Waals surface area contributed by atoms with E-state index in [0.717, 1.165) is 41.4 Å². The molecule has 0 saturated carbocycles. The van der Waals surface area contributed by atoms with Crippen LogP contribution in [0.5, 0.6) is 5.75 Å². The van der Waals surface area contributed by atoms with Crippen LogP contribution < -0.4 is 10.1 Å². The molecule has 1 atom stereocenters. The van der Waals surface area contributed by atoms with Crippen LogP contribution in [0, 0.1) is 6.92 Å². The minimum Gasteiger partial charge on any atom is -0.496 e. The van der Waals surface area contributed by atoms with Crippen molar-refractivity contribution in [2.75, 3.05) is 20.2 Å². The first kappa shape index (κ1) is 10.8. The van der Waals surface area contributed by atoms with Gasteiger partial charge in [-0.3, -0.25) is 0 Å². The minimum atomic E-state index is 0.494. The van der Waals surface area contributed by atoms with Crippen molar-refractivity contribution in [2.24, 2.45) is 0 Å². The van der Waals surface area contributed by atoms with Crippen molar-refractivity contribution in [1.29, 1.82) is 0 Å². The highest BCUT2D eigenvalue weighted by Crippen LogP contribution is 2.37. The molecule has 1 unspecified atom stereocenters. The van der Waals surface area contributed by atoms with Gasteiger partial charge in [-0.1, -0.05) is 11.6 Å². The first-order valence-electron chi connectivity index (χ1n) is 5.27. The van der Waals surface area contributed by atoms with Crippen molar-refractivity contribution in [3.63, 3.8) is 0 Å². The predicted molar refractivity (Wildman–Crippen MR) is 63.0 cm³/mol. The number of benzene rings is 1. The Morgan fingerprint density at radius 1 is 1.47 bits per heavy atom. The van der Waals surface area contributed by atoms with Gasteiger partial charge in [0.1, 0.15) is 5.75 Å². The van der Waals surface area contributed by atoms with Crippen molar-refractivity contribution >= 4 is 11.6 Å². The summed E-state index contributed by atoms with van der Waals surface area (Å²) < 4.78 is 5.41. The van der Waals surface area contributed by atoms with Crippen LogP contribution in [-0.4, -0.2) is 20.2 Å². The van der Waals surface area contributed by atoms with E-state index in [1.807, 2.05) is 13.0 Å². The lowest BCUT2D eigenvalue weighted by Gasteiger charge is -2.16. The molecule has 0 spiro atoms. The van der Waals surface area contributed by atoms with Crippen molar-refractivity contribution in [3.8, 4) is 5.75 Å². The summed E-state index contributed by atoms with van der Waals surface area (Å²) in [7, 11) is 1.71. The molecule has 0 aromatic heterocycles. The normalized spacial score (nSPS) is 20.6. The van der Waals surface area contributed by atoms with Crippen LogP contribution in [0.2, 0.25) is 5.02 Å². The summed E-state index contributed by atoms with van der Waals surface area (Å²) in [5, 5.41) is 4.18. The summed E-state index contributed by atoms with van der Waals surface area (Å²) in [4.78, 5) is 0. The van der Waals surface area contributed by atoms with Gasteiger partial charge >= 0.3 is 0 Å². The largest absolute Gasteiger partial charge is 0.496 e. The molecule has 1 aliphatic heterocycles. The van der Waals surface area contributed by atoms with Crippen LogP contribution in [0.15, 0.2) is 12.1 Å². The van der Waals surface area contributed by atoms with Gasteiger partial charge < -0.3 is 10.1 Å². The Bertz CT molecular complexity index is 359. The van der Waals surface area contributed by atoms with Crippen LogP contribution in [0.3, 0.4) is 0 Å². The van der Waals surface area contributed by atoms with E-state index in [9.17, 15) is 0 Å². The highest BCUT2D eigenvalue weighted by molar-refractivity contribution is 6.31. The molecule has 0 aliphatic carbocycles. The molecule has 0 amide bonds. The van der Waals surface area contributed by atoms with E-state index >= 15 is 0 Å². The average molecular weight is 226 g/mol. The molecular formula is C12H16ClNO. The van der Waals surface area contributed by atoms with Crippen LogP contribution >= 0.6 is 11.6 Å². The lowest BCUT2D eigenvalue weighted by molar-refractivity contribution is 0.406. The van der Waals surface area contributed by atoms with Gasteiger partial charge in [-0.25, -0.2) is 0 Å². The van der Waals surface area contributed by atoms with Crippen molar-refractivity contribution in [3.05, 3.63) is 28.3 Å². The van der Waals surface area contributed by atoms with Gasteiger partial charge in [0.05, 0.1) is 7.11 Å². The van der Waals surface area contributed by atoms with Gasteiger partial charge in [-0.05, 0) is 37.6 Å². The quantitative estimate of drug-likeness (QED) is 0.836. The van der Waals surface area contributed by atoms with Gasteiger partial charge in [0, 0.05) is 23.0 Å². The van der Waals surface area contributed by atoms with Crippen LogP contribution in [0.25, 0.3) is 0 Å². The number of aryl methyl sites for hydroxylation is 1. The van der Waals surface area contributed by atoms with E-state index in [0.29, 0.717) is 5.92 Å². The molecule has 1 aliphatic rings. The van der Waals surface area contributed by atoms with Crippen LogP contribution in [0.4, 0.5) is 0 Å². The van der Waals surface area contributed by atoms with E-state index in [4.69, 9.17) is 16.3 Å². The third kappa shape index (κ3) is 2.11. The van der Waals surface area contributed by atoms with Crippen molar-refractivity contribution < 1.29 is 4.74 Å². The average Bonchev–Trinajstić information content (AvgIpc) is 2.69. The number of nitrogens with one attached hydrogen (secondary N) is 1. The van der Waals surface area contributed by atoms with E-state index in [2.05, 4.69) is 11.4 Å². The Hall–Kier alpha value is -0.730. The Kier molecular flexibility index (Phi) is 3.17. The van der Waals surface area contributed by atoms with E-state index in [-0.39, 0.29) is 0 Å². The molecule has 1 heterocycles. The molecule has 0 radical (unpaired) electrons. The van der Waals surface area contributed by atoms with Crippen molar-refractivity contribution in [2.45, 2.75) is 19.3 Å². The molecule has 82 valence electrons.